The van der Waals surface area contributed by atoms with Crippen LogP contribution in [0.4, 0.5) is 0 Å². The summed E-state index contributed by atoms with van der Waals surface area (Å²) in [5.41, 5.74) is 8.75. The average molecular weight is 720 g/mol. The van der Waals surface area contributed by atoms with Gasteiger partial charge in [-0.15, -0.1) is 24.3 Å². The number of benzene rings is 4. The van der Waals surface area contributed by atoms with Gasteiger partial charge in [0, 0.05) is 71.3 Å². The van der Waals surface area contributed by atoms with Crippen molar-refractivity contribution in [2.45, 2.75) is 46.8 Å². The molecule has 4 N–H and O–H groups in total. The Hall–Kier alpha value is -1.82. The minimum absolute atomic E-state index is 0. The van der Waals surface area contributed by atoms with Gasteiger partial charge in [-0.1, -0.05) is 82.7 Å². The summed E-state index contributed by atoms with van der Waals surface area (Å²) < 4.78 is 4.83. The van der Waals surface area contributed by atoms with E-state index in [2.05, 4.69) is 38.1 Å². The number of nitrogens with two attached hydrogens (primary N) is 1. The zero-order valence-electron chi connectivity index (χ0n) is 25.3. The summed E-state index contributed by atoms with van der Waals surface area (Å²) in [5, 5.41) is 17.2. The first kappa shape index (κ1) is 44.6. The van der Waals surface area contributed by atoms with Crippen molar-refractivity contribution < 1.29 is 85.2 Å². The molecule has 0 heterocycles. The van der Waals surface area contributed by atoms with Gasteiger partial charge in [-0.25, -0.2) is 0 Å². The first-order valence-electron chi connectivity index (χ1n) is 13.3. The second-order valence-corrected chi connectivity index (χ2v) is 8.07. The zero-order chi connectivity index (χ0) is 29.0. The number of rotatable bonds is 5. The molecule has 2 radical (unpaired) electrons. The normalized spacial score (nSPS) is 9.57. The molecule has 1 aliphatic rings. The maximum Gasteiger partial charge on any atom is 0.0661 e. The third kappa shape index (κ3) is 14.6. The first-order valence-corrected chi connectivity index (χ1v) is 13.3. The molecule has 0 saturated carbocycles. The van der Waals surface area contributed by atoms with Gasteiger partial charge in [-0.2, -0.15) is 49.2 Å². The maximum atomic E-state index is 10.2. The predicted octanol–water partition coefficient (Wildman–Crippen LogP) is 8.37. The molecule has 42 heavy (non-hydrogen) atoms. The number of ether oxygens (including phenoxy) is 1. The van der Waals surface area contributed by atoms with E-state index in [1.54, 1.807) is 0 Å². The van der Waals surface area contributed by atoms with E-state index in [-0.39, 0.29) is 90.7 Å². The van der Waals surface area contributed by atoms with Crippen molar-refractivity contribution in [3.8, 4) is 11.1 Å². The molecule has 1 aliphatic carbocycles. The van der Waals surface area contributed by atoms with Gasteiger partial charge in [0.05, 0.1) is 19.8 Å². The Morgan fingerprint density at radius 3 is 1.29 bits per heavy atom. The molecule has 0 aromatic heterocycles. The Bertz CT molecular complexity index is 1130. The van der Waals surface area contributed by atoms with Crippen molar-refractivity contribution in [1.82, 2.24) is 0 Å². The molecular weight excluding hydrogens is 676 g/mol. The second-order valence-electron chi connectivity index (χ2n) is 8.07. The number of fused-ring (bicyclic) bond motifs is 3. The first-order chi connectivity index (χ1) is 19.1. The van der Waals surface area contributed by atoms with Gasteiger partial charge in [-0.05, 0) is 33.4 Å². The average Bonchev–Trinajstić information content (AvgIpc) is 3.33. The summed E-state index contributed by atoms with van der Waals surface area (Å²) in [6, 6.07) is 31.5. The molecule has 0 aliphatic heterocycles. The Morgan fingerprint density at radius 2 is 0.976 bits per heavy atom. The summed E-state index contributed by atoms with van der Waals surface area (Å²) in [7, 11) is 0. The Labute approximate surface area is 303 Å². The number of hydrogen-bond acceptors (Lipinski definition) is 4. The third-order valence-corrected chi connectivity index (χ3v) is 5.68. The SMILES string of the molecule is CC.CC.O=[C-]OCC1c2ccccc2-c2ccccc21.[CH2-]c1ccc(CO)cc1.[CH2-]c1ccc(CO)cc1.[NH2-].[Y].[Y]. The molecule has 0 amide bonds. The molecular formula is C35H43NO4Y2-4. The fourth-order valence-electron chi connectivity index (χ4n) is 3.85. The van der Waals surface area contributed by atoms with Crippen molar-refractivity contribution in [3.05, 3.63) is 150 Å². The van der Waals surface area contributed by atoms with Gasteiger partial charge in [-0.3, -0.25) is 0 Å². The fraction of sp³-hybridized carbons (Fsp3) is 0.229. The Kier molecular flexibility index (Phi) is 28.4. The molecule has 4 aromatic carbocycles. The van der Waals surface area contributed by atoms with Crippen LogP contribution in [0.15, 0.2) is 97.1 Å². The van der Waals surface area contributed by atoms with E-state index in [4.69, 9.17) is 14.9 Å². The van der Waals surface area contributed by atoms with Crippen LogP contribution in [0.2, 0.25) is 0 Å². The number of aliphatic hydroxyl groups excluding tert-OH is 2. The summed E-state index contributed by atoms with van der Waals surface area (Å²) in [5.74, 6) is 0.142. The largest absolute Gasteiger partial charge is 0.693 e. The summed E-state index contributed by atoms with van der Waals surface area (Å²) in [6.07, 6.45) is 0. The van der Waals surface area contributed by atoms with E-state index in [9.17, 15) is 4.79 Å². The molecule has 0 bridgehead atoms. The van der Waals surface area contributed by atoms with Crippen LogP contribution >= 0.6 is 0 Å². The number of carbonyl (C=O) groups excluding carboxylic acids is 1. The van der Waals surface area contributed by atoms with Crippen LogP contribution in [0.3, 0.4) is 0 Å². The minimum atomic E-state index is 0. The van der Waals surface area contributed by atoms with E-state index < -0.39 is 0 Å². The third-order valence-electron chi connectivity index (χ3n) is 5.68. The van der Waals surface area contributed by atoms with Crippen LogP contribution < -0.4 is 0 Å². The van der Waals surface area contributed by atoms with Crippen LogP contribution in [0.1, 0.15) is 67.0 Å². The van der Waals surface area contributed by atoms with Crippen molar-refractivity contribution in [1.29, 1.82) is 0 Å². The van der Waals surface area contributed by atoms with Crippen LogP contribution in [-0.2, 0) is 88.2 Å². The Balaban J connectivity index is -0.000000529. The molecule has 0 fully saturated rings. The molecule has 0 spiro atoms. The van der Waals surface area contributed by atoms with Crippen molar-refractivity contribution in [2.75, 3.05) is 6.61 Å². The van der Waals surface area contributed by atoms with Gasteiger partial charge in [0.25, 0.3) is 0 Å². The van der Waals surface area contributed by atoms with Gasteiger partial charge in [0.1, 0.15) is 0 Å². The smallest absolute Gasteiger partial charge is 0.0661 e. The van der Waals surface area contributed by atoms with E-state index in [1.807, 2.05) is 100 Å². The standard InChI is InChI=1S/C15H11O2.2C8H9O.2C2H6.H2N.2Y/c16-10-17-9-15-13-7-3-1-5-11(13)12-6-2-4-8-14(12)15;2*1-7-2-4-8(6-9)5-3-7;2*1-2;;;/h1-8,15H,9H2;2*2-5,9H,1,6H2;2*1-2H3;1H2;;/q3*-1;;;-1;;. The van der Waals surface area contributed by atoms with Crippen LogP contribution in [0, 0.1) is 13.8 Å². The topological polar surface area (TPSA) is 100 Å². The van der Waals surface area contributed by atoms with Gasteiger partial charge in [0.15, 0.2) is 0 Å². The molecule has 0 unspecified atom stereocenters. The van der Waals surface area contributed by atoms with E-state index in [0.29, 0.717) is 6.61 Å². The van der Waals surface area contributed by atoms with Gasteiger partial charge in [0.2, 0.25) is 0 Å². The van der Waals surface area contributed by atoms with Crippen molar-refractivity contribution in [3.63, 3.8) is 0 Å². The number of aliphatic hydroxyl groups is 2. The van der Waals surface area contributed by atoms with Gasteiger partial charge >= 0.3 is 0 Å². The van der Waals surface area contributed by atoms with Crippen LogP contribution in [0.5, 0.6) is 0 Å². The minimum Gasteiger partial charge on any atom is -0.693 e. The summed E-state index contributed by atoms with van der Waals surface area (Å²) in [4.78, 5) is 10.2. The molecule has 5 nitrogen and oxygen atoms in total. The van der Waals surface area contributed by atoms with Crippen LogP contribution in [0.25, 0.3) is 17.3 Å². The van der Waals surface area contributed by atoms with Crippen molar-refractivity contribution >= 4 is 6.47 Å². The van der Waals surface area contributed by atoms with E-state index >= 15 is 0 Å². The predicted molar refractivity (Wildman–Crippen MR) is 167 cm³/mol. The summed E-state index contributed by atoms with van der Waals surface area (Å²) >= 11 is 0. The molecule has 222 valence electrons. The summed E-state index contributed by atoms with van der Waals surface area (Å²) in [6.45, 7) is 17.5. The fourth-order valence-corrected chi connectivity index (χ4v) is 3.85. The van der Waals surface area contributed by atoms with E-state index in [0.717, 1.165) is 22.3 Å². The molecule has 4 aromatic rings. The van der Waals surface area contributed by atoms with E-state index in [1.165, 1.54) is 28.7 Å². The number of hydrogen-bond donors (Lipinski definition) is 2. The monoisotopic (exact) mass is 719 g/mol. The molecule has 7 heteroatoms. The quantitative estimate of drug-likeness (QED) is 0.203. The van der Waals surface area contributed by atoms with Crippen LogP contribution in [-0.4, -0.2) is 23.3 Å². The van der Waals surface area contributed by atoms with Crippen molar-refractivity contribution in [2.24, 2.45) is 0 Å². The zero-order valence-corrected chi connectivity index (χ0v) is 31.0. The second kappa shape index (κ2) is 26.8. The molecule has 0 saturated heterocycles. The maximum absolute atomic E-state index is 10.2. The molecule has 5 rings (SSSR count). The molecule has 0 atom stereocenters. The van der Waals surface area contributed by atoms with Gasteiger partial charge < -0.3 is 25.9 Å². The Morgan fingerprint density at radius 1 is 0.643 bits per heavy atom.